The van der Waals surface area contributed by atoms with Gasteiger partial charge in [0.2, 0.25) is 0 Å². The molecule has 0 radical (unpaired) electrons. The number of hydrogen-bond donors (Lipinski definition) is 1. The number of benzene rings is 1. The van der Waals surface area contributed by atoms with Gasteiger partial charge in [-0.05, 0) is 43.7 Å². The van der Waals surface area contributed by atoms with Crippen molar-refractivity contribution in [2.24, 2.45) is 0 Å². The van der Waals surface area contributed by atoms with Crippen LogP contribution in [0.3, 0.4) is 0 Å². The van der Waals surface area contributed by atoms with Gasteiger partial charge in [0.15, 0.2) is 0 Å². The average molecular weight is 326 g/mol. The first-order chi connectivity index (χ1) is 10.1. The van der Waals surface area contributed by atoms with Crippen molar-refractivity contribution in [3.05, 3.63) is 56.5 Å². The fourth-order valence-electron chi connectivity index (χ4n) is 2.32. The highest BCUT2D eigenvalue weighted by Crippen LogP contribution is 2.27. The third-order valence-corrected chi connectivity index (χ3v) is 4.94. The predicted molar refractivity (Wildman–Crippen MR) is 89.8 cm³/mol. The number of nitrogens with one attached hydrogen (secondary N) is 1. The minimum absolute atomic E-state index is 0.00873. The maximum Gasteiger partial charge on any atom is 0.129 e. The zero-order valence-electron chi connectivity index (χ0n) is 12.5. The fourth-order valence-corrected chi connectivity index (χ4v) is 3.48. The lowest BCUT2D eigenvalue weighted by Gasteiger charge is -2.19. The molecule has 21 heavy (non-hydrogen) atoms. The third-order valence-electron chi connectivity index (χ3n) is 3.45. The van der Waals surface area contributed by atoms with Crippen LogP contribution in [0.1, 0.15) is 41.6 Å². The lowest BCUT2D eigenvalue weighted by Crippen LogP contribution is -2.24. The van der Waals surface area contributed by atoms with Crippen molar-refractivity contribution in [1.82, 2.24) is 5.32 Å². The van der Waals surface area contributed by atoms with Crippen molar-refractivity contribution >= 4 is 22.9 Å². The Morgan fingerprint density at radius 2 is 1.95 bits per heavy atom. The SMILES string of the molecule is CCCNC(Cc1ccc(CC)s1)c1ccc(Cl)cc1F. The summed E-state index contributed by atoms with van der Waals surface area (Å²) >= 11 is 7.66. The summed E-state index contributed by atoms with van der Waals surface area (Å²) in [5.74, 6) is -0.233. The molecule has 4 heteroatoms. The Morgan fingerprint density at radius 3 is 2.57 bits per heavy atom. The first kappa shape index (κ1) is 16.5. The molecular weight excluding hydrogens is 305 g/mol. The molecule has 0 fully saturated rings. The maximum atomic E-state index is 14.2. The van der Waals surface area contributed by atoms with Crippen LogP contribution in [0.25, 0.3) is 0 Å². The Kier molecular flexibility index (Phi) is 6.22. The molecule has 2 aromatic rings. The normalized spacial score (nSPS) is 12.6. The van der Waals surface area contributed by atoms with E-state index >= 15 is 0 Å². The van der Waals surface area contributed by atoms with Crippen LogP contribution in [0.4, 0.5) is 4.39 Å². The molecule has 114 valence electrons. The topological polar surface area (TPSA) is 12.0 Å². The van der Waals surface area contributed by atoms with E-state index in [9.17, 15) is 4.39 Å². The minimum Gasteiger partial charge on any atom is -0.310 e. The van der Waals surface area contributed by atoms with Gasteiger partial charge >= 0.3 is 0 Å². The Balaban J connectivity index is 2.20. The highest BCUT2D eigenvalue weighted by Gasteiger charge is 2.17. The quantitative estimate of drug-likeness (QED) is 0.720. The maximum absolute atomic E-state index is 14.2. The first-order valence-electron chi connectivity index (χ1n) is 7.40. The Morgan fingerprint density at radius 1 is 1.19 bits per heavy atom. The van der Waals surface area contributed by atoms with Crippen molar-refractivity contribution in [1.29, 1.82) is 0 Å². The van der Waals surface area contributed by atoms with Crippen molar-refractivity contribution in [3.63, 3.8) is 0 Å². The summed E-state index contributed by atoms with van der Waals surface area (Å²) in [7, 11) is 0. The molecule has 1 unspecified atom stereocenters. The van der Waals surface area contributed by atoms with E-state index in [2.05, 4.69) is 31.3 Å². The molecule has 0 spiro atoms. The molecule has 0 saturated carbocycles. The van der Waals surface area contributed by atoms with Crippen molar-refractivity contribution in [3.8, 4) is 0 Å². The number of halogens is 2. The second-order valence-corrected chi connectivity index (χ2v) is 6.79. The van der Waals surface area contributed by atoms with Crippen LogP contribution in [-0.4, -0.2) is 6.54 Å². The molecule has 0 amide bonds. The summed E-state index contributed by atoms with van der Waals surface area (Å²) < 4.78 is 14.2. The molecule has 1 heterocycles. The largest absolute Gasteiger partial charge is 0.310 e. The second-order valence-electron chi connectivity index (χ2n) is 5.10. The standard InChI is InChI=1S/C17H21ClFNS/c1-3-9-20-17(11-14-7-6-13(4-2)21-14)15-8-5-12(18)10-16(15)19/h5-8,10,17,20H,3-4,9,11H2,1-2H3. The van der Waals surface area contributed by atoms with E-state index in [-0.39, 0.29) is 11.9 Å². The van der Waals surface area contributed by atoms with Crippen LogP contribution in [0, 0.1) is 5.82 Å². The molecule has 1 aromatic heterocycles. The highest BCUT2D eigenvalue weighted by molar-refractivity contribution is 7.11. The molecule has 1 aromatic carbocycles. The van der Waals surface area contributed by atoms with E-state index in [0.29, 0.717) is 10.6 Å². The van der Waals surface area contributed by atoms with Gasteiger partial charge in [0.25, 0.3) is 0 Å². The van der Waals surface area contributed by atoms with E-state index in [1.165, 1.54) is 15.8 Å². The number of aryl methyl sites for hydroxylation is 1. The van der Waals surface area contributed by atoms with Crippen molar-refractivity contribution in [2.45, 2.75) is 39.2 Å². The predicted octanol–water partition coefficient (Wildman–Crippen LogP) is 5.39. The van der Waals surface area contributed by atoms with Gasteiger partial charge in [0, 0.05) is 32.8 Å². The lowest BCUT2D eigenvalue weighted by atomic mass is 10.0. The van der Waals surface area contributed by atoms with Crippen LogP contribution >= 0.6 is 22.9 Å². The summed E-state index contributed by atoms with van der Waals surface area (Å²) in [6.45, 7) is 5.14. The third kappa shape index (κ3) is 4.53. The highest BCUT2D eigenvalue weighted by atomic mass is 35.5. The van der Waals surface area contributed by atoms with E-state index in [1.807, 2.05) is 11.3 Å². The van der Waals surface area contributed by atoms with E-state index in [1.54, 1.807) is 12.1 Å². The van der Waals surface area contributed by atoms with Gasteiger partial charge in [-0.1, -0.05) is 31.5 Å². The van der Waals surface area contributed by atoms with Crippen LogP contribution in [0.2, 0.25) is 5.02 Å². The Bertz CT molecular complexity index is 582. The number of rotatable bonds is 7. The fraction of sp³-hybridized carbons (Fsp3) is 0.412. The molecule has 0 aliphatic rings. The zero-order chi connectivity index (χ0) is 15.2. The van der Waals surface area contributed by atoms with Crippen molar-refractivity contribution < 1.29 is 4.39 Å². The van der Waals surface area contributed by atoms with Crippen LogP contribution in [0.15, 0.2) is 30.3 Å². The molecule has 0 saturated heterocycles. The first-order valence-corrected chi connectivity index (χ1v) is 8.59. The second kappa shape index (κ2) is 7.92. The molecular formula is C17H21ClFNS. The summed E-state index contributed by atoms with van der Waals surface area (Å²) in [6, 6.07) is 9.24. The molecule has 1 atom stereocenters. The van der Waals surface area contributed by atoms with Gasteiger partial charge in [-0.25, -0.2) is 4.39 Å². The monoisotopic (exact) mass is 325 g/mol. The molecule has 1 N–H and O–H groups in total. The van der Waals surface area contributed by atoms with Crippen LogP contribution in [-0.2, 0) is 12.8 Å². The average Bonchev–Trinajstić information content (AvgIpc) is 2.91. The summed E-state index contributed by atoms with van der Waals surface area (Å²) in [5.41, 5.74) is 0.694. The molecule has 0 bridgehead atoms. The Labute approximate surface area is 135 Å². The Hall–Kier alpha value is -0.900. The number of hydrogen-bond acceptors (Lipinski definition) is 2. The van der Waals surface area contributed by atoms with Crippen LogP contribution in [0.5, 0.6) is 0 Å². The lowest BCUT2D eigenvalue weighted by molar-refractivity contribution is 0.499. The number of thiophene rings is 1. The van der Waals surface area contributed by atoms with Crippen molar-refractivity contribution in [2.75, 3.05) is 6.54 Å². The molecule has 2 rings (SSSR count). The van der Waals surface area contributed by atoms with E-state index < -0.39 is 0 Å². The minimum atomic E-state index is -0.233. The molecule has 0 aliphatic carbocycles. The van der Waals surface area contributed by atoms with Gasteiger partial charge < -0.3 is 5.32 Å². The van der Waals surface area contributed by atoms with Gasteiger partial charge in [-0.2, -0.15) is 0 Å². The van der Waals surface area contributed by atoms with Gasteiger partial charge in [0.1, 0.15) is 5.82 Å². The van der Waals surface area contributed by atoms with E-state index in [0.717, 1.165) is 25.8 Å². The summed E-state index contributed by atoms with van der Waals surface area (Å²) in [6.07, 6.45) is 2.88. The zero-order valence-corrected chi connectivity index (χ0v) is 14.0. The smallest absolute Gasteiger partial charge is 0.129 e. The van der Waals surface area contributed by atoms with Gasteiger partial charge in [-0.15, -0.1) is 11.3 Å². The summed E-state index contributed by atoms with van der Waals surface area (Å²) in [4.78, 5) is 2.66. The van der Waals surface area contributed by atoms with Gasteiger partial charge in [0.05, 0.1) is 0 Å². The summed E-state index contributed by atoms with van der Waals surface area (Å²) in [5, 5.41) is 3.89. The molecule has 0 aliphatic heterocycles. The molecule has 1 nitrogen and oxygen atoms in total. The van der Waals surface area contributed by atoms with Crippen LogP contribution < -0.4 is 5.32 Å². The van der Waals surface area contributed by atoms with Gasteiger partial charge in [-0.3, -0.25) is 0 Å². The van der Waals surface area contributed by atoms with E-state index in [4.69, 9.17) is 11.6 Å².